The number of carbonyl (C=O) groups is 1. The van der Waals surface area contributed by atoms with Crippen molar-refractivity contribution in [3.63, 3.8) is 0 Å². The SMILES string of the molecule is CN1CCN(c2ccc([N+](=O)[O-])cc2OCCN(C)[C@@H]2C[C@@H]3C[C@@H]2[C@@H](Nc2nc(Cl)ncc2F)[C@H]3C(N)=O)CC1. The highest BCUT2D eigenvalue weighted by Crippen LogP contribution is 2.51. The molecule has 2 saturated carbocycles. The smallest absolute Gasteiger partial charge is 0.273 e. The number of nitro groups is 1. The molecule has 2 bridgehead atoms. The Morgan fingerprint density at radius 2 is 2.08 bits per heavy atom. The second-order valence-corrected chi connectivity index (χ2v) is 11.3. The molecule has 2 aliphatic carbocycles. The van der Waals surface area contributed by atoms with E-state index in [9.17, 15) is 19.3 Å². The van der Waals surface area contributed by atoms with Crippen LogP contribution in [-0.2, 0) is 4.79 Å². The minimum absolute atomic E-state index is 0.0159. The number of nitrogens with two attached hydrogens (primary N) is 1. The molecular weight excluding hydrogens is 543 g/mol. The molecule has 40 heavy (non-hydrogen) atoms. The molecule has 2 aromatic rings. The number of nitrogens with zero attached hydrogens (tertiary/aromatic N) is 6. The maximum absolute atomic E-state index is 14.4. The second-order valence-electron chi connectivity index (χ2n) is 10.9. The number of aromatic nitrogens is 2. The van der Waals surface area contributed by atoms with Gasteiger partial charge >= 0.3 is 0 Å². The summed E-state index contributed by atoms with van der Waals surface area (Å²) in [7, 11) is 4.06. The normalized spacial score (nSPS) is 26.3. The molecule has 3 N–H and O–H groups in total. The summed E-state index contributed by atoms with van der Waals surface area (Å²) in [5.41, 5.74) is 6.59. The number of nitro benzene ring substituents is 1. The van der Waals surface area contributed by atoms with Crippen LogP contribution in [-0.4, -0.2) is 96.1 Å². The number of fused-ring (bicyclic) bond motifs is 2. The van der Waals surface area contributed by atoms with Crippen LogP contribution in [0.25, 0.3) is 0 Å². The predicted octanol–water partition coefficient (Wildman–Crippen LogP) is 2.23. The highest BCUT2D eigenvalue weighted by Gasteiger charge is 2.56. The van der Waals surface area contributed by atoms with Gasteiger partial charge in [0.2, 0.25) is 11.2 Å². The Bertz CT molecular complexity index is 1260. The van der Waals surface area contributed by atoms with Crippen molar-refractivity contribution in [1.29, 1.82) is 0 Å². The van der Waals surface area contributed by atoms with Gasteiger partial charge in [0, 0.05) is 50.9 Å². The van der Waals surface area contributed by atoms with Gasteiger partial charge in [-0.1, -0.05) is 0 Å². The Kier molecular flexibility index (Phi) is 8.24. The van der Waals surface area contributed by atoms with Crippen LogP contribution in [0.15, 0.2) is 24.4 Å². The van der Waals surface area contributed by atoms with Gasteiger partial charge in [0.05, 0.1) is 28.8 Å². The molecule has 3 aliphatic rings. The van der Waals surface area contributed by atoms with E-state index in [0.29, 0.717) is 18.9 Å². The highest BCUT2D eigenvalue weighted by molar-refractivity contribution is 6.28. The van der Waals surface area contributed by atoms with Gasteiger partial charge in [-0.2, -0.15) is 4.98 Å². The van der Waals surface area contributed by atoms with E-state index in [1.807, 2.05) is 7.05 Å². The summed E-state index contributed by atoms with van der Waals surface area (Å²) in [4.78, 5) is 37.6. The van der Waals surface area contributed by atoms with Crippen molar-refractivity contribution in [3.8, 4) is 5.75 Å². The van der Waals surface area contributed by atoms with Gasteiger partial charge in [0.1, 0.15) is 12.4 Å². The molecule has 1 aromatic carbocycles. The lowest BCUT2D eigenvalue weighted by Gasteiger charge is -2.39. The number of amides is 1. The van der Waals surface area contributed by atoms with Crippen LogP contribution in [0.5, 0.6) is 5.75 Å². The van der Waals surface area contributed by atoms with E-state index in [1.165, 1.54) is 12.1 Å². The zero-order valence-corrected chi connectivity index (χ0v) is 23.3. The summed E-state index contributed by atoms with van der Waals surface area (Å²) >= 11 is 5.88. The minimum atomic E-state index is -0.651. The van der Waals surface area contributed by atoms with E-state index in [0.717, 1.165) is 50.9 Å². The van der Waals surface area contributed by atoms with E-state index >= 15 is 0 Å². The number of carbonyl (C=O) groups excluding carboxylic acids is 1. The summed E-state index contributed by atoms with van der Waals surface area (Å²) in [6, 6.07) is 4.47. The lowest BCUT2D eigenvalue weighted by molar-refractivity contribution is -0.384. The third-order valence-corrected chi connectivity index (χ3v) is 8.76. The Balaban J connectivity index is 1.26. The first-order chi connectivity index (χ1) is 19.1. The number of primary amides is 1. The number of benzene rings is 1. The largest absolute Gasteiger partial charge is 0.490 e. The average molecular weight is 577 g/mol. The van der Waals surface area contributed by atoms with Crippen molar-refractivity contribution >= 4 is 34.7 Å². The lowest BCUT2D eigenvalue weighted by atomic mass is 9.80. The molecule has 14 heteroatoms. The Morgan fingerprint density at radius 3 is 2.77 bits per heavy atom. The summed E-state index contributed by atoms with van der Waals surface area (Å²) in [6.07, 6.45) is 2.55. The molecule has 12 nitrogen and oxygen atoms in total. The molecule has 0 unspecified atom stereocenters. The molecule has 216 valence electrons. The molecule has 0 spiro atoms. The first-order valence-electron chi connectivity index (χ1n) is 13.4. The van der Waals surface area contributed by atoms with Gasteiger partial charge in [0.15, 0.2) is 11.6 Å². The quantitative estimate of drug-likeness (QED) is 0.245. The van der Waals surface area contributed by atoms with Gasteiger partial charge in [-0.25, -0.2) is 9.37 Å². The number of ether oxygens (including phenoxy) is 1. The van der Waals surface area contributed by atoms with Crippen molar-refractivity contribution in [2.45, 2.75) is 24.9 Å². The predicted molar refractivity (Wildman–Crippen MR) is 148 cm³/mol. The number of rotatable bonds is 10. The van der Waals surface area contributed by atoms with E-state index in [1.54, 1.807) is 6.07 Å². The number of anilines is 2. The number of likely N-dealkylation sites (N-methyl/N-ethyl adjacent to an activating group) is 2. The van der Waals surface area contributed by atoms with Crippen LogP contribution in [0, 0.1) is 33.7 Å². The van der Waals surface area contributed by atoms with Crippen molar-refractivity contribution in [2.75, 3.05) is 63.6 Å². The van der Waals surface area contributed by atoms with E-state index in [2.05, 4.69) is 37.0 Å². The zero-order valence-electron chi connectivity index (χ0n) is 22.5. The maximum atomic E-state index is 14.4. The van der Waals surface area contributed by atoms with Gasteiger partial charge < -0.3 is 25.6 Å². The molecule has 5 rings (SSSR count). The van der Waals surface area contributed by atoms with Gasteiger partial charge in [-0.05, 0) is 56.4 Å². The Hall–Kier alpha value is -3.29. The number of hydrogen-bond donors (Lipinski definition) is 2. The topological polar surface area (TPSA) is 143 Å². The highest BCUT2D eigenvalue weighted by atomic mass is 35.5. The number of halogens is 2. The summed E-state index contributed by atoms with van der Waals surface area (Å²) in [6.45, 7) is 4.29. The van der Waals surface area contributed by atoms with Crippen LogP contribution in [0.4, 0.5) is 21.6 Å². The van der Waals surface area contributed by atoms with Gasteiger partial charge in [0.25, 0.3) is 5.69 Å². The maximum Gasteiger partial charge on any atom is 0.273 e. The minimum Gasteiger partial charge on any atom is -0.490 e. The molecule has 1 amide bonds. The summed E-state index contributed by atoms with van der Waals surface area (Å²) < 4.78 is 20.6. The lowest BCUT2D eigenvalue weighted by Crippen LogP contribution is -2.51. The number of nitrogens with one attached hydrogen (secondary N) is 1. The number of hydrogen-bond acceptors (Lipinski definition) is 10. The van der Waals surface area contributed by atoms with E-state index in [-0.39, 0.29) is 34.7 Å². The fraction of sp³-hybridized carbons (Fsp3) is 0.577. The fourth-order valence-electron chi connectivity index (χ4n) is 6.55. The van der Waals surface area contributed by atoms with Gasteiger partial charge in [-0.3, -0.25) is 19.8 Å². The standard InChI is InChI=1S/C26H34ClFN8O4/c1-33-5-7-35(8-6-33)19-4-3-16(36(38)39)13-21(19)40-10-9-34(2)20-12-15-11-17(20)23(22(15)24(29)37)31-25-18(28)14-30-26(27)32-25/h3-4,13-15,17,20,22-23H,5-12H2,1-2H3,(H2,29,37)(H,30,31,32)/t15-,17-,20+,22-,23+/m0/s1. The summed E-state index contributed by atoms with van der Waals surface area (Å²) in [5.74, 6) is -0.983. The molecule has 2 heterocycles. The molecule has 1 aliphatic heterocycles. The Morgan fingerprint density at radius 1 is 1.32 bits per heavy atom. The third kappa shape index (κ3) is 5.77. The zero-order chi connectivity index (χ0) is 28.6. The van der Waals surface area contributed by atoms with Crippen molar-refractivity contribution in [1.82, 2.24) is 19.8 Å². The number of non-ortho nitro benzene ring substituents is 1. The van der Waals surface area contributed by atoms with Crippen LogP contribution in [0.1, 0.15) is 12.8 Å². The number of piperazine rings is 1. The van der Waals surface area contributed by atoms with E-state index < -0.39 is 28.6 Å². The molecule has 0 radical (unpaired) electrons. The van der Waals surface area contributed by atoms with Crippen molar-refractivity contribution < 1.29 is 18.8 Å². The molecule has 1 aromatic heterocycles. The molecular formula is C26H34ClFN8O4. The second kappa shape index (κ2) is 11.7. The van der Waals surface area contributed by atoms with Crippen LogP contribution < -0.4 is 20.7 Å². The van der Waals surface area contributed by atoms with Crippen LogP contribution in [0.3, 0.4) is 0 Å². The fourth-order valence-corrected chi connectivity index (χ4v) is 6.68. The molecule has 3 fully saturated rings. The third-order valence-electron chi connectivity index (χ3n) is 8.58. The summed E-state index contributed by atoms with van der Waals surface area (Å²) in [5, 5.41) is 14.4. The van der Waals surface area contributed by atoms with Gasteiger partial charge in [-0.15, -0.1) is 0 Å². The van der Waals surface area contributed by atoms with Crippen molar-refractivity contribution in [2.24, 2.45) is 23.5 Å². The first-order valence-corrected chi connectivity index (χ1v) is 13.8. The van der Waals surface area contributed by atoms with E-state index in [4.69, 9.17) is 22.1 Å². The average Bonchev–Trinajstić information content (AvgIpc) is 3.50. The molecule has 1 saturated heterocycles. The molecule has 5 atom stereocenters. The Labute approximate surface area is 236 Å². The first kappa shape index (κ1) is 28.2. The monoisotopic (exact) mass is 576 g/mol. The van der Waals surface area contributed by atoms with Crippen LogP contribution >= 0.6 is 11.6 Å². The van der Waals surface area contributed by atoms with Crippen molar-refractivity contribution in [3.05, 3.63) is 45.6 Å². The van der Waals surface area contributed by atoms with Crippen LogP contribution in [0.2, 0.25) is 5.28 Å².